The summed E-state index contributed by atoms with van der Waals surface area (Å²) in [5.74, 6) is 1.59. The van der Waals surface area contributed by atoms with Crippen LogP contribution in [0, 0.1) is 29.1 Å². The number of ketones is 2. The van der Waals surface area contributed by atoms with Crippen molar-refractivity contribution in [3.63, 3.8) is 0 Å². The van der Waals surface area contributed by atoms with E-state index < -0.39 is 5.79 Å². The molecule has 0 radical (unpaired) electrons. The maximum Gasteiger partial charge on any atom is 0.172 e. The fraction of sp³-hybridized carbons (Fsp3) is 0.810. The van der Waals surface area contributed by atoms with Crippen LogP contribution >= 0.6 is 0 Å². The van der Waals surface area contributed by atoms with E-state index in [1.165, 1.54) is 5.57 Å². The molecule has 0 amide bonds. The van der Waals surface area contributed by atoms with Gasteiger partial charge < -0.3 is 9.47 Å². The molecule has 1 aliphatic heterocycles. The number of fused-ring (bicyclic) bond motifs is 5. The molecule has 3 saturated carbocycles. The van der Waals surface area contributed by atoms with Crippen molar-refractivity contribution in [2.24, 2.45) is 29.1 Å². The smallest absolute Gasteiger partial charge is 0.172 e. The lowest BCUT2D eigenvalue weighted by Gasteiger charge is -2.52. The molecule has 0 aromatic heterocycles. The first kappa shape index (κ1) is 16.2. The van der Waals surface area contributed by atoms with Crippen LogP contribution in [0.2, 0.25) is 0 Å². The first-order valence-corrected chi connectivity index (χ1v) is 10.1. The maximum atomic E-state index is 13.2. The molecular formula is C21H28O4. The molecule has 0 aromatic carbocycles. The Bertz CT molecular complexity index is 644. The van der Waals surface area contributed by atoms with Crippen LogP contribution in [0.1, 0.15) is 58.3 Å². The lowest BCUT2D eigenvalue weighted by molar-refractivity contribution is -0.177. The molecule has 4 aliphatic carbocycles. The van der Waals surface area contributed by atoms with Gasteiger partial charge in [0, 0.05) is 37.0 Å². The molecule has 4 nitrogen and oxygen atoms in total. The number of carbonyl (C=O) groups is 2. The number of hydrogen-bond donors (Lipinski definition) is 0. The molecule has 5 rings (SSSR count). The minimum atomic E-state index is -0.413. The maximum absolute atomic E-state index is 13.2. The van der Waals surface area contributed by atoms with Gasteiger partial charge in [-0.2, -0.15) is 0 Å². The highest BCUT2D eigenvalue weighted by Crippen LogP contribution is 2.61. The summed E-state index contributed by atoms with van der Waals surface area (Å²) in [4.78, 5) is 25.8. The predicted molar refractivity (Wildman–Crippen MR) is 91.7 cm³/mol. The van der Waals surface area contributed by atoms with E-state index in [0.717, 1.165) is 38.5 Å². The van der Waals surface area contributed by atoms with Crippen LogP contribution < -0.4 is 0 Å². The van der Waals surface area contributed by atoms with Gasteiger partial charge in [-0.3, -0.25) is 9.59 Å². The van der Waals surface area contributed by atoms with Gasteiger partial charge in [0.1, 0.15) is 11.6 Å². The van der Waals surface area contributed by atoms with Crippen LogP contribution in [0.25, 0.3) is 0 Å². The molecule has 1 spiro atoms. The number of allylic oxidation sites excluding steroid dienone is 1. The van der Waals surface area contributed by atoms with E-state index in [1.54, 1.807) is 0 Å². The molecule has 0 aromatic rings. The molecule has 4 heteroatoms. The second-order valence-corrected chi connectivity index (χ2v) is 8.86. The first-order chi connectivity index (χ1) is 12.1. The summed E-state index contributed by atoms with van der Waals surface area (Å²) in [5, 5.41) is 0. The van der Waals surface area contributed by atoms with Crippen LogP contribution in [0.4, 0.5) is 0 Å². The zero-order chi connectivity index (χ0) is 17.2. The first-order valence-electron chi connectivity index (χ1n) is 10.1. The van der Waals surface area contributed by atoms with Gasteiger partial charge in [-0.05, 0) is 43.4 Å². The highest BCUT2D eigenvalue weighted by atomic mass is 16.7. The van der Waals surface area contributed by atoms with E-state index in [2.05, 4.69) is 13.0 Å². The molecule has 5 aliphatic rings. The lowest BCUT2D eigenvalue weighted by Crippen LogP contribution is -2.53. The average molecular weight is 344 g/mol. The normalized spacial score (nSPS) is 45.1. The van der Waals surface area contributed by atoms with Crippen molar-refractivity contribution in [1.29, 1.82) is 0 Å². The molecule has 1 saturated heterocycles. The van der Waals surface area contributed by atoms with Crippen LogP contribution in [0.5, 0.6) is 0 Å². The highest BCUT2D eigenvalue weighted by Gasteiger charge is 2.61. The van der Waals surface area contributed by atoms with E-state index in [0.29, 0.717) is 55.4 Å². The van der Waals surface area contributed by atoms with Crippen LogP contribution in [-0.4, -0.2) is 30.6 Å². The Kier molecular flexibility index (Phi) is 3.56. The molecule has 1 heterocycles. The summed E-state index contributed by atoms with van der Waals surface area (Å²) in [6, 6.07) is 0. The summed E-state index contributed by atoms with van der Waals surface area (Å²) in [5.41, 5.74) is 1.05. The van der Waals surface area contributed by atoms with Crippen molar-refractivity contribution in [1.82, 2.24) is 0 Å². The van der Waals surface area contributed by atoms with Gasteiger partial charge in [-0.15, -0.1) is 0 Å². The average Bonchev–Trinajstić information content (AvgIpc) is 3.20. The summed E-state index contributed by atoms with van der Waals surface area (Å²) in [7, 11) is 0. The van der Waals surface area contributed by atoms with Gasteiger partial charge in [-0.25, -0.2) is 0 Å². The third kappa shape index (κ3) is 2.13. The Balaban J connectivity index is 1.47. The second kappa shape index (κ2) is 5.50. The van der Waals surface area contributed by atoms with Crippen molar-refractivity contribution in [2.75, 3.05) is 13.2 Å². The van der Waals surface area contributed by atoms with E-state index in [1.807, 2.05) is 0 Å². The number of rotatable bonds is 1. The molecule has 136 valence electrons. The lowest BCUT2D eigenvalue weighted by atomic mass is 9.51. The molecule has 0 N–H and O–H groups in total. The topological polar surface area (TPSA) is 52.6 Å². The fourth-order valence-corrected chi connectivity index (χ4v) is 6.96. The molecular weight excluding hydrogens is 316 g/mol. The quantitative estimate of drug-likeness (QED) is 0.684. The van der Waals surface area contributed by atoms with Crippen molar-refractivity contribution >= 4 is 11.6 Å². The van der Waals surface area contributed by atoms with Gasteiger partial charge in [0.25, 0.3) is 0 Å². The van der Waals surface area contributed by atoms with E-state index >= 15 is 0 Å². The minimum absolute atomic E-state index is 0.134. The van der Waals surface area contributed by atoms with Crippen molar-refractivity contribution < 1.29 is 19.1 Å². The number of hydrogen-bond acceptors (Lipinski definition) is 4. The van der Waals surface area contributed by atoms with E-state index in [4.69, 9.17) is 9.47 Å². The fourth-order valence-electron chi connectivity index (χ4n) is 6.96. The zero-order valence-electron chi connectivity index (χ0n) is 15.1. The van der Waals surface area contributed by atoms with Crippen molar-refractivity contribution in [3.05, 3.63) is 11.6 Å². The Labute approximate surface area is 149 Å². The highest BCUT2D eigenvalue weighted by molar-refractivity contribution is 5.95. The third-order valence-electron chi connectivity index (χ3n) is 8.10. The van der Waals surface area contributed by atoms with Crippen LogP contribution in [0.15, 0.2) is 11.6 Å². The Morgan fingerprint density at radius 3 is 2.72 bits per heavy atom. The second-order valence-electron chi connectivity index (χ2n) is 8.86. The van der Waals surface area contributed by atoms with Gasteiger partial charge in [0.2, 0.25) is 0 Å². The van der Waals surface area contributed by atoms with Crippen molar-refractivity contribution in [3.8, 4) is 0 Å². The zero-order valence-corrected chi connectivity index (χ0v) is 15.1. The van der Waals surface area contributed by atoms with E-state index in [-0.39, 0.29) is 11.3 Å². The molecule has 4 fully saturated rings. The minimum Gasteiger partial charge on any atom is -0.347 e. The van der Waals surface area contributed by atoms with Crippen LogP contribution in [0.3, 0.4) is 0 Å². The van der Waals surface area contributed by atoms with Gasteiger partial charge >= 0.3 is 0 Å². The summed E-state index contributed by atoms with van der Waals surface area (Å²) >= 11 is 0. The molecule has 25 heavy (non-hydrogen) atoms. The number of Topliss-reactive ketones (excluding diaryl/α,β-unsaturated/α-hetero) is 2. The molecule has 5 atom stereocenters. The number of carbonyl (C=O) groups excluding carboxylic acids is 2. The summed E-state index contributed by atoms with van der Waals surface area (Å²) in [6.07, 6.45) is 9.04. The Morgan fingerprint density at radius 1 is 1.16 bits per heavy atom. The Hall–Kier alpha value is -1.00. The van der Waals surface area contributed by atoms with E-state index in [9.17, 15) is 9.59 Å². The summed E-state index contributed by atoms with van der Waals surface area (Å²) < 4.78 is 11.8. The standard InChI is InChI=1S/C21H28O4/c1-2-20-12-17(22)19-14-7-8-21(24-9-10-25-21)11-13(14)3-4-15(19)16(20)5-6-18(20)23/h3,14-16,19H,2,4-12H2,1H3/t14-,15-,16-,19+,20-/m0/s1. The summed E-state index contributed by atoms with van der Waals surface area (Å²) in [6.45, 7) is 3.48. The predicted octanol–water partition coefficient (Wildman–Crippen LogP) is 3.44. The SMILES string of the molecule is CC[C@]12CC(=O)[C@H]3[C@@H](CC=C4CC5(CC[C@@H]43)OCCO5)[C@@H]1CCC2=O. The van der Waals surface area contributed by atoms with Gasteiger partial charge in [-0.1, -0.05) is 18.6 Å². The van der Waals surface area contributed by atoms with Gasteiger partial charge in [0.05, 0.1) is 13.2 Å². The Morgan fingerprint density at radius 2 is 1.96 bits per heavy atom. The third-order valence-corrected chi connectivity index (χ3v) is 8.10. The van der Waals surface area contributed by atoms with Crippen LogP contribution in [-0.2, 0) is 19.1 Å². The number of ether oxygens (including phenoxy) is 2. The van der Waals surface area contributed by atoms with Crippen molar-refractivity contribution in [2.45, 2.75) is 64.1 Å². The van der Waals surface area contributed by atoms with Gasteiger partial charge in [0.15, 0.2) is 5.79 Å². The largest absolute Gasteiger partial charge is 0.347 e. The monoisotopic (exact) mass is 344 g/mol. The molecule has 0 bridgehead atoms. The molecule has 0 unspecified atom stereocenters.